The first kappa shape index (κ1) is 14.8. The highest BCUT2D eigenvalue weighted by Gasteiger charge is 2.04. The lowest BCUT2D eigenvalue weighted by Crippen LogP contribution is -2.04. The number of halogens is 1. The molecule has 0 unspecified atom stereocenters. The molecule has 1 aromatic heterocycles. The number of rotatable bonds is 7. The fraction of sp³-hybridized carbons (Fsp3) is 0.375. The molecular formula is C16H20ClN3. The summed E-state index contributed by atoms with van der Waals surface area (Å²) in [6.07, 6.45) is 4.92. The van der Waals surface area contributed by atoms with E-state index < -0.39 is 0 Å². The Bertz CT molecular complexity index is 529. The van der Waals surface area contributed by atoms with Crippen LogP contribution in [0.5, 0.6) is 0 Å². The number of unbranched alkanes of at least 4 members (excludes halogenated alkanes) is 3. The Labute approximate surface area is 125 Å². The molecule has 0 aliphatic heterocycles. The zero-order valence-electron chi connectivity index (χ0n) is 11.8. The average molecular weight is 290 g/mol. The van der Waals surface area contributed by atoms with Crippen molar-refractivity contribution in [2.75, 3.05) is 11.9 Å². The van der Waals surface area contributed by atoms with Crippen molar-refractivity contribution in [3.05, 3.63) is 41.7 Å². The first-order valence-corrected chi connectivity index (χ1v) is 7.51. The molecule has 0 bridgehead atoms. The van der Waals surface area contributed by atoms with Gasteiger partial charge in [-0.05, 0) is 18.0 Å². The van der Waals surface area contributed by atoms with Gasteiger partial charge in [0, 0.05) is 18.2 Å². The Morgan fingerprint density at radius 1 is 1.05 bits per heavy atom. The number of benzene rings is 1. The van der Waals surface area contributed by atoms with Crippen molar-refractivity contribution in [2.45, 2.75) is 32.6 Å². The third-order valence-corrected chi connectivity index (χ3v) is 3.27. The second kappa shape index (κ2) is 7.85. The van der Waals surface area contributed by atoms with Gasteiger partial charge >= 0.3 is 0 Å². The van der Waals surface area contributed by atoms with E-state index in [2.05, 4.69) is 22.2 Å². The summed E-state index contributed by atoms with van der Waals surface area (Å²) in [6, 6.07) is 11.9. The predicted octanol–water partition coefficient (Wildman–Crippen LogP) is 4.79. The highest BCUT2D eigenvalue weighted by Crippen LogP contribution is 2.21. The van der Waals surface area contributed by atoms with Crippen LogP contribution < -0.4 is 5.32 Å². The van der Waals surface area contributed by atoms with Crippen LogP contribution in [-0.4, -0.2) is 16.5 Å². The Hall–Kier alpha value is -1.61. The highest BCUT2D eigenvalue weighted by atomic mass is 35.5. The molecule has 1 aromatic carbocycles. The minimum absolute atomic E-state index is 0.280. The van der Waals surface area contributed by atoms with E-state index in [1.54, 1.807) is 0 Å². The van der Waals surface area contributed by atoms with Crippen LogP contribution in [0.15, 0.2) is 36.4 Å². The van der Waals surface area contributed by atoms with E-state index in [1.807, 2.05) is 36.4 Å². The van der Waals surface area contributed by atoms with Crippen LogP contribution >= 0.6 is 11.6 Å². The van der Waals surface area contributed by atoms with Gasteiger partial charge in [-0.2, -0.15) is 0 Å². The van der Waals surface area contributed by atoms with E-state index >= 15 is 0 Å². The molecule has 0 fully saturated rings. The first-order valence-electron chi connectivity index (χ1n) is 7.13. The molecule has 3 nitrogen and oxygen atoms in total. The van der Waals surface area contributed by atoms with Crippen molar-refractivity contribution >= 4 is 17.4 Å². The predicted molar refractivity (Wildman–Crippen MR) is 85.1 cm³/mol. The Balaban J connectivity index is 2.02. The van der Waals surface area contributed by atoms with Gasteiger partial charge in [-0.3, -0.25) is 0 Å². The van der Waals surface area contributed by atoms with Crippen molar-refractivity contribution in [2.24, 2.45) is 0 Å². The normalized spacial score (nSPS) is 10.5. The molecule has 2 aromatic rings. The lowest BCUT2D eigenvalue weighted by Gasteiger charge is -2.08. The van der Waals surface area contributed by atoms with Crippen molar-refractivity contribution in [3.63, 3.8) is 0 Å². The molecule has 0 atom stereocenters. The van der Waals surface area contributed by atoms with Gasteiger partial charge in [-0.1, -0.05) is 56.5 Å². The third-order valence-electron chi connectivity index (χ3n) is 3.10. The number of hydrogen-bond acceptors (Lipinski definition) is 3. The van der Waals surface area contributed by atoms with Crippen molar-refractivity contribution in [1.29, 1.82) is 0 Å². The van der Waals surface area contributed by atoms with Gasteiger partial charge < -0.3 is 5.32 Å². The van der Waals surface area contributed by atoms with Crippen LogP contribution in [0.4, 0.5) is 5.82 Å². The molecule has 0 spiro atoms. The molecule has 1 N–H and O–H groups in total. The SMILES string of the molecule is CCCCCCNc1cc(-c2ccccc2)nc(Cl)n1. The Morgan fingerprint density at radius 2 is 1.85 bits per heavy atom. The van der Waals surface area contributed by atoms with Crippen LogP contribution in [0.25, 0.3) is 11.3 Å². The summed E-state index contributed by atoms with van der Waals surface area (Å²) in [7, 11) is 0. The van der Waals surface area contributed by atoms with Crippen molar-refractivity contribution in [1.82, 2.24) is 9.97 Å². The van der Waals surface area contributed by atoms with Crippen molar-refractivity contribution in [3.8, 4) is 11.3 Å². The van der Waals surface area contributed by atoms with E-state index in [-0.39, 0.29) is 5.28 Å². The Morgan fingerprint density at radius 3 is 2.60 bits per heavy atom. The number of anilines is 1. The van der Waals surface area contributed by atoms with Gasteiger partial charge in [0.2, 0.25) is 5.28 Å². The van der Waals surface area contributed by atoms with Crippen molar-refractivity contribution < 1.29 is 0 Å². The Kier molecular flexibility index (Phi) is 5.81. The summed E-state index contributed by atoms with van der Waals surface area (Å²) in [6.45, 7) is 3.13. The van der Waals surface area contributed by atoms with Gasteiger partial charge in [0.05, 0.1) is 5.69 Å². The number of hydrogen-bond donors (Lipinski definition) is 1. The summed E-state index contributed by atoms with van der Waals surface area (Å²) in [5.74, 6) is 0.792. The standard InChI is InChI=1S/C16H20ClN3/c1-2-3-4-8-11-18-15-12-14(19-16(17)20-15)13-9-6-5-7-10-13/h5-7,9-10,12H,2-4,8,11H2,1H3,(H,18,19,20). The number of nitrogens with one attached hydrogen (secondary N) is 1. The molecule has 2 rings (SSSR count). The van der Waals surface area contributed by atoms with Crippen LogP contribution in [-0.2, 0) is 0 Å². The van der Waals surface area contributed by atoms with Crippen LogP contribution in [0, 0.1) is 0 Å². The molecule has 20 heavy (non-hydrogen) atoms. The maximum Gasteiger partial charge on any atom is 0.224 e. The summed E-state index contributed by atoms with van der Waals surface area (Å²) in [5, 5.41) is 3.60. The second-order valence-electron chi connectivity index (χ2n) is 4.76. The average Bonchev–Trinajstić information content (AvgIpc) is 2.47. The summed E-state index contributed by atoms with van der Waals surface area (Å²) < 4.78 is 0. The largest absolute Gasteiger partial charge is 0.370 e. The van der Waals surface area contributed by atoms with Crippen LogP contribution in [0.3, 0.4) is 0 Å². The number of nitrogens with zero attached hydrogens (tertiary/aromatic N) is 2. The molecule has 0 aliphatic rings. The molecule has 106 valence electrons. The first-order chi connectivity index (χ1) is 9.79. The molecule has 0 aliphatic carbocycles. The van der Waals surface area contributed by atoms with Gasteiger partial charge in [-0.15, -0.1) is 0 Å². The van der Waals surface area contributed by atoms with E-state index in [9.17, 15) is 0 Å². The van der Waals surface area contributed by atoms with Crippen LogP contribution in [0.1, 0.15) is 32.6 Å². The number of aromatic nitrogens is 2. The molecule has 0 amide bonds. The minimum atomic E-state index is 0.280. The summed E-state index contributed by atoms with van der Waals surface area (Å²) >= 11 is 6.00. The highest BCUT2D eigenvalue weighted by molar-refractivity contribution is 6.28. The van der Waals surface area contributed by atoms with E-state index in [0.29, 0.717) is 0 Å². The zero-order valence-corrected chi connectivity index (χ0v) is 12.5. The molecular weight excluding hydrogens is 270 g/mol. The fourth-order valence-corrected chi connectivity index (χ4v) is 2.22. The molecule has 0 saturated carbocycles. The maximum atomic E-state index is 6.00. The molecule has 0 saturated heterocycles. The van der Waals surface area contributed by atoms with E-state index in [0.717, 1.165) is 30.0 Å². The van der Waals surface area contributed by atoms with Crippen LogP contribution in [0.2, 0.25) is 5.28 Å². The lowest BCUT2D eigenvalue weighted by atomic mass is 10.1. The molecule has 4 heteroatoms. The van der Waals surface area contributed by atoms with E-state index in [1.165, 1.54) is 19.3 Å². The van der Waals surface area contributed by atoms with Gasteiger partial charge in [0.15, 0.2) is 0 Å². The van der Waals surface area contributed by atoms with Gasteiger partial charge in [0.25, 0.3) is 0 Å². The maximum absolute atomic E-state index is 6.00. The molecule has 1 heterocycles. The van der Waals surface area contributed by atoms with Gasteiger partial charge in [-0.25, -0.2) is 9.97 Å². The quantitative estimate of drug-likeness (QED) is 0.588. The lowest BCUT2D eigenvalue weighted by molar-refractivity contribution is 0.684. The smallest absolute Gasteiger partial charge is 0.224 e. The molecule has 0 radical (unpaired) electrons. The summed E-state index contributed by atoms with van der Waals surface area (Å²) in [5.41, 5.74) is 1.90. The zero-order chi connectivity index (χ0) is 14.2. The monoisotopic (exact) mass is 289 g/mol. The van der Waals surface area contributed by atoms with E-state index in [4.69, 9.17) is 11.6 Å². The minimum Gasteiger partial charge on any atom is -0.370 e. The summed E-state index contributed by atoms with van der Waals surface area (Å²) in [4.78, 5) is 8.50. The van der Waals surface area contributed by atoms with Gasteiger partial charge in [0.1, 0.15) is 5.82 Å². The third kappa shape index (κ3) is 4.49. The fourth-order valence-electron chi connectivity index (χ4n) is 2.03. The second-order valence-corrected chi connectivity index (χ2v) is 5.10. The topological polar surface area (TPSA) is 37.8 Å².